The minimum atomic E-state index is -4.07. The van der Waals surface area contributed by atoms with Gasteiger partial charge in [0.05, 0.1) is 35.6 Å². The summed E-state index contributed by atoms with van der Waals surface area (Å²) >= 11 is 0. The number of sulfonamides is 1. The molecule has 0 aliphatic rings. The van der Waals surface area contributed by atoms with Crippen LogP contribution in [-0.2, 0) is 10.0 Å². The van der Waals surface area contributed by atoms with Gasteiger partial charge in [0.15, 0.2) is 5.82 Å². The van der Waals surface area contributed by atoms with Crippen molar-refractivity contribution in [2.45, 2.75) is 11.8 Å². The van der Waals surface area contributed by atoms with Crippen LogP contribution >= 0.6 is 0 Å². The quantitative estimate of drug-likeness (QED) is 0.351. The van der Waals surface area contributed by atoms with Crippen LogP contribution in [0.4, 0.5) is 10.3 Å². The van der Waals surface area contributed by atoms with Gasteiger partial charge >= 0.3 is 0 Å². The first-order valence-corrected chi connectivity index (χ1v) is 12.7. The van der Waals surface area contributed by atoms with Crippen molar-refractivity contribution < 1.29 is 17.5 Å². The summed E-state index contributed by atoms with van der Waals surface area (Å²) < 4.78 is 48.2. The number of methoxy groups -OCH3 is 1. The van der Waals surface area contributed by atoms with Crippen molar-refractivity contribution in [2.24, 2.45) is 0 Å². The van der Waals surface area contributed by atoms with Crippen LogP contribution < -0.4 is 15.0 Å². The van der Waals surface area contributed by atoms with Gasteiger partial charge in [-0.1, -0.05) is 35.9 Å². The molecule has 37 heavy (non-hydrogen) atoms. The van der Waals surface area contributed by atoms with Gasteiger partial charge < -0.3 is 4.74 Å². The molecule has 1 N–H and O–H groups in total. The Labute approximate surface area is 212 Å². The Morgan fingerprint density at radius 3 is 2.41 bits per heavy atom. The maximum absolute atomic E-state index is 13.1. The van der Waals surface area contributed by atoms with Crippen LogP contribution in [-0.4, -0.2) is 30.1 Å². The largest absolute Gasteiger partial charge is 0.495 e. The highest BCUT2D eigenvalue weighted by molar-refractivity contribution is 7.92. The highest BCUT2D eigenvalue weighted by Crippen LogP contribution is 2.31. The van der Waals surface area contributed by atoms with E-state index < -0.39 is 15.8 Å². The Kier molecular flexibility index (Phi) is 6.18. The van der Waals surface area contributed by atoms with Crippen LogP contribution in [0.2, 0.25) is 0 Å². The van der Waals surface area contributed by atoms with Gasteiger partial charge in [0.1, 0.15) is 5.75 Å². The molecule has 5 aromatic rings. The lowest BCUT2D eigenvalue weighted by molar-refractivity contribution is 0.413. The Bertz CT molecular complexity index is 1800. The lowest BCUT2D eigenvalue weighted by Gasteiger charge is -2.16. The molecule has 0 amide bonds. The fraction of sp³-hybridized carbons (Fsp3) is 0.0741. The maximum Gasteiger partial charge on any atom is 0.264 e. The van der Waals surface area contributed by atoms with Crippen molar-refractivity contribution in [3.05, 3.63) is 107 Å². The molecule has 0 spiro atoms. The van der Waals surface area contributed by atoms with Crippen molar-refractivity contribution in [1.82, 2.24) is 14.5 Å². The molecule has 2 heterocycles. The average Bonchev–Trinajstić information content (AvgIpc) is 2.89. The Balaban J connectivity index is 1.58. The number of nitrogens with one attached hydrogen (secondary N) is 1. The number of pyridine rings is 1. The van der Waals surface area contributed by atoms with Gasteiger partial charge in [0.25, 0.3) is 15.6 Å². The molecule has 0 bridgehead atoms. The second-order valence-electron chi connectivity index (χ2n) is 8.31. The summed E-state index contributed by atoms with van der Waals surface area (Å²) in [5, 5.41) is 0.507. The van der Waals surface area contributed by atoms with E-state index in [0.717, 1.165) is 29.1 Å². The van der Waals surface area contributed by atoms with E-state index in [1.165, 1.54) is 29.9 Å². The van der Waals surface area contributed by atoms with Gasteiger partial charge in [0, 0.05) is 11.5 Å². The van der Waals surface area contributed by atoms with Crippen LogP contribution in [0.3, 0.4) is 0 Å². The number of benzene rings is 3. The number of aromatic nitrogens is 3. The highest BCUT2D eigenvalue weighted by atomic mass is 32.2. The molecule has 0 fully saturated rings. The zero-order valence-corrected chi connectivity index (χ0v) is 20.7. The predicted octanol–water partition coefficient (Wildman–Crippen LogP) is 4.70. The third-order valence-electron chi connectivity index (χ3n) is 5.79. The van der Waals surface area contributed by atoms with Gasteiger partial charge in [-0.05, 0) is 54.4 Å². The molecule has 0 atom stereocenters. The number of aryl methyl sites for hydroxylation is 1. The van der Waals surface area contributed by atoms with Crippen LogP contribution in [0.25, 0.3) is 27.7 Å². The first-order valence-electron chi connectivity index (χ1n) is 11.2. The Morgan fingerprint density at radius 1 is 0.919 bits per heavy atom. The molecule has 5 rings (SSSR count). The number of ether oxygens (including phenoxy) is 1. The van der Waals surface area contributed by atoms with Gasteiger partial charge in [-0.3, -0.25) is 9.36 Å². The summed E-state index contributed by atoms with van der Waals surface area (Å²) in [7, 11) is -2.54. The SMILES string of the molecule is COc1cc(-c2cccc(C)c2)ccc1-n1c(=O)ccc2cc(S(=O)(=O)Nc3ncc(F)cn3)ccc21. The fourth-order valence-corrected chi connectivity index (χ4v) is 5.04. The molecule has 3 aromatic carbocycles. The molecule has 10 heteroatoms. The second kappa shape index (κ2) is 9.47. The summed E-state index contributed by atoms with van der Waals surface area (Å²) in [5.74, 6) is -0.459. The van der Waals surface area contributed by atoms with Crippen LogP contribution in [0.1, 0.15) is 5.56 Å². The number of fused-ring (bicyclic) bond motifs is 1. The standard InChI is InChI=1S/C27H21FN4O4S/c1-17-4-3-5-18(12-17)19-6-9-24(25(14-19)36-2)32-23-10-8-22(13-20(23)7-11-26(32)33)37(34,35)31-27-29-15-21(28)16-30-27/h3-16H,1-2H3,(H,29,30,31). The summed E-state index contributed by atoms with van der Waals surface area (Å²) in [6.45, 7) is 2.02. The zero-order chi connectivity index (χ0) is 26.2. The van der Waals surface area contributed by atoms with Crippen molar-refractivity contribution in [1.29, 1.82) is 0 Å². The third kappa shape index (κ3) is 4.78. The summed E-state index contributed by atoms with van der Waals surface area (Å²) in [5.41, 5.74) is 3.77. The summed E-state index contributed by atoms with van der Waals surface area (Å²) in [4.78, 5) is 20.2. The minimum Gasteiger partial charge on any atom is -0.495 e. The number of hydrogen-bond donors (Lipinski definition) is 1. The van der Waals surface area contributed by atoms with Crippen LogP contribution in [0, 0.1) is 12.7 Å². The second-order valence-corrected chi connectivity index (χ2v) is 10.00. The number of anilines is 1. The molecule has 0 aliphatic heterocycles. The molecule has 0 radical (unpaired) electrons. The molecule has 0 saturated carbocycles. The first-order chi connectivity index (χ1) is 17.7. The van der Waals surface area contributed by atoms with E-state index in [1.807, 2.05) is 37.3 Å². The normalized spacial score (nSPS) is 11.4. The molecular formula is C27H21FN4O4S. The monoisotopic (exact) mass is 516 g/mol. The number of nitrogens with zero attached hydrogens (tertiary/aromatic N) is 3. The average molecular weight is 517 g/mol. The molecule has 8 nitrogen and oxygen atoms in total. The highest BCUT2D eigenvalue weighted by Gasteiger charge is 2.18. The summed E-state index contributed by atoms with van der Waals surface area (Å²) in [6, 6.07) is 20.9. The first kappa shape index (κ1) is 24.1. The van der Waals surface area contributed by atoms with E-state index in [2.05, 4.69) is 20.8 Å². The molecule has 0 aliphatic carbocycles. The van der Waals surface area contributed by atoms with Gasteiger partial charge in [-0.2, -0.15) is 0 Å². The van der Waals surface area contributed by atoms with Crippen molar-refractivity contribution in [3.8, 4) is 22.6 Å². The Hall–Kier alpha value is -4.57. The zero-order valence-electron chi connectivity index (χ0n) is 19.8. The smallest absolute Gasteiger partial charge is 0.264 e. The van der Waals surface area contributed by atoms with E-state index in [0.29, 0.717) is 22.3 Å². The van der Waals surface area contributed by atoms with E-state index in [9.17, 15) is 17.6 Å². The molecular weight excluding hydrogens is 495 g/mol. The maximum atomic E-state index is 13.1. The summed E-state index contributed by atoms with van der Waals surface area (Å²) in [6.07, 6.45) is 1.73. The third-order valence-corrected chi connectivity index (χ3v) is 7.12. The molecule has 0 saturated heterocycles. The van der Waals surface area contributed by atoms with E-state index in [-0.39, 0.29) is 16.4 Å². The van der Waals surface area contributed by atoms with Gasteiger partial charge in [-0.15, -0.1) is 0 Å². The lowest BCUT2D eigenvalue weighted by Crippen LogP contribution is -2.19. The fourth-order valence-electron chi connectivity index (χ4n) is 4.05. The van der Waals surface area contributed by atoms with E-state index in [4.69, 9.17) is 4.74 Å². The molecule has 186 valence electrons. The molecule has 0 unspecified atom stereocenters. The van der Waals surface area contributed by atoms with Crippen molar-refractivity contribution >= 4 is 26.9 Å². The number of rotatable bonds is 6. The molecule has 2 aromatic heterocycles. The number of hydrogen-bond acceptors (Lipinski definition) is 6. The van der Waals surface area contributed by atoms with Gasteiger partial charge in [0.2, 0.25) is 5.95 Å². The van der Waals surface area contributed by atoms with Crippen LogP contribution in [0.15, 0.2) is 94.9 Å². The van der Waals surface area contributed by atoms with Crippen molar-refractivity contribution in [2.75, 3.05) is 11.8 Å². The van der Waals surface area contributed by atoms with E-state index >= 15 is 0 Å². The topological polar surface area (TPSA) is 103 Å². The van der Waals surface area contributed by atoms with Crippen LogP contribution in [0.5, 0.6) is 5.75 Å². The minimum absolute atomic E-state index is 0.0696. The number of halogens is 1. The predicted molar refractivity (Wildman–Crippen MR) is 139 cm³/mol. The van der Waals surface area contributed by atoms with E-state index in [1.54, 1.807) is 18.2 Å². The Morgan fingerprint density at radius 2 is 1.68 bits per heavy atom. The lowest BCUT2D eigenvalue weighted by atomic mass is 10.0. The van der Waals surface area contributed by atoms with Crippen molar-refractivity contribution in [3.63, 3.8) is 0 Å². The van der Waals surface area contributed by atoms with Gasteiger partial charge in [-0.25, -0.2) is 27.5 Å².